The fourth-order valence-corrected chi connectivity index (χ4v) is 3.29. The largest absolute Gasteiger partial charge is 0.466 e. The molecule has 1 amide bonds. The van der Waals surface area contributed by atoms with Crippen LogP contribution < -0.4 is 10.6 Å². The van der Waals surface area contributed by atoms with E-state index in [0.29, 0.717) is 17.2 Å². The van der Waals surface area contributed by atoms with E-state index in [9.17, 15) is 9.59 Å². The van der Waals surface area contributed by atoms with Crippen molar-refractivity contribution in [3.05, 3.63) is 65.0 Å². The van der Waals surface area contributed by atoms with E-state index in [0.717, 1.165) is 19.3 Å². The first-order chi connectivity index (χ1) is 13.6. The average Bonchev–Trinajstić information content (AvgIpc) is 2.71. The summed E-state index contributed by atoms with van der Waals surface area (Å²) in [4.78, 5) is 32.1. The third kappa shape index (κ3) is 4.73. The SMILES string of the molecule is COC(=O)/C=C/CNC(=O)c1cnc(NC2CCCc3ccccc32)nc1C. The van der Waals surface area contributed by atoms with Gasteiger partial charge in [-0.25, -0.2) is 14.8 Å². The Morgan fingerprint density at radius 1 is 1.32 bits per heavy atom. The van der Waals surface area contributed by atoms with Gasteiger partial charge in [-0.1, -0.05) is 30.3 Å². The molecule has 1 aromatic heterocycles. The van der Waals surface area contributed by atoms with Crippen molar-refractivity contribution < 1.29 is 14.3 Å². The van der Waals surface area contributed by atoms with Crippen LogP contribution in [0.1, 0.15) is 46.1 Å². The first-order valence-electron chi connectivity index (χ1n) is 9.29. The summed E-state index contributed by atoms with van der Waals surface area (Å²) in [5, 5.41) is 6.10. The number of esters is 1. The predicted octanol–water partition coefficient (Wildman–Crippen LogP) is 2.73. The minimum absolute atomic E-state index is 0.174. The number of ether oxygens (including phenoxy) is 1. The number of amides is 1. The Hall–Kier alpha value is -3.22. The summed E-state index contributed by atoms with van der Waals surface area (Å²) in [6.45, 7) is 1.99. The molecule has 1 atom stereocenters. The number of hydrogen-bond acceptors (Lipinski definition) is 6. The maximum atomic E-state index is 12.3. The van der Waals surface area contributed by atoms with Crippen LogP contribution in [0.3, 0.4) is 0 Å². The third-order valence-corrected chi connectivity index (χ3v) is 4.73. The van der Waals surface area contributed by atoms with Crippen molar-refractivity contribution in [2.75, 3.05) is 19.0 Å². The number of methoxy groups -OCH3 is 1. The number of carbonyl (C=O) groups is 2. The highest BCUT2D eigenvalue weighted by atomic mass is 16.5. The Labute approximate surface area is 164 Å². The molecule has 1 aliphatic rings. The number of carbonyl (C=O) groups excluding carboxylic acids is 2. The molecule has 3 rings (SSSR count). The van der Waals surface area contributed by atoms with Crippen LogP contribution in [0.4, 0.5) is 5.95 Å². The zero-order valence-electron chi connectivity index (χ0n) is 16.1. The predicted molar refractivity (Wildman–Crippen MR) is 106 cm³/mol. The van der Waals surface area contributed by atoms with E-state index >= 15 is 0 Å². The highest BCUT2D eigenvalue weighted by Crippen LogP contribution is 2.31. The van der Waals surface area contributed by atoms with Crippen molar-refractivity contribution in [1.29, 1.82) is 0 Å². The van der Waals surface area contributed by atoms with Crippen LogP contribution in [0.5, 0.6) is 0 Å². The quantitative estimate of drug-likeness (QED) is 0.591. The van der Waals surface area contributed by atoms with E-state index in [1.807, 2.05) is 6.07 Å². The molecule has 0 radical (unpaired) electrons. The second-order valence-electron chi connectivity index (χ2n) is 6.62. The lowest BCUT2D eigenvalue weighted by Gasteiger charge is -2.26. The Kier molecular flexibility index (Phi) is 6.37. The Bertz CT molecular complexity index is 895. The van der Waals surface area contributed by atoms with Crippen LogP contribution in [0.2, 0.25) is 0 Å². The molecule has 0 aliphatic heterocycles. The molecule has 1 aliphatic carbocycles. The van der Waals surface area contributed by atoms with Crippen LogP contribution in [-0.2, 0) is 16.0 Å². The highest BCUT2D eigenvalue weighted by Gasteiger charge is 2.21. The minimum Gasteiger partial charge on any atom is -0.466 e. The van der Waals surface area contributed by atoms with Crippen molar-refractivity contribution in [2.45, 2.75) is 32.2 Å². The van der Waals surface area contributed by atoms with Crippen molar-refractivity contribution in [2.24, 2.45) is 0 Å². The lowest BCUT2D eigenvalue weighted by molar-refractivity contribution is -0.134. The molecule has 28 heavy (non-hydrogen) atoms. The number of aromatic nitrogens is 2. The molecule has 1 unspecified atom stereocenters. The van der Waals surface area contributed by atoms with Crippen LogP contribution >= 0.6 is 0 Å². The molecule has 0 fully saturated rings. The van der Waals surface area contributed by atoms with Crippen LogP contribution in [-0.4, -0.2) is 35.5 Å². The maximum absolute atomic E-state index is 12.3. The zero-order chi connectivity index (χ0) is 19.9. The smallest absolute Gasteiger partial charge is 0.330 e. The van der Waals surface area contributed by atoms with Gasteiger partial charge in [0.1, 0.15) is 0 Å². The van der Waals surface area contributed by atoms with Gasteiger partial charge in [-0.3, -0.25) is 4.79 Å². The Morgan fingerprint density at radius 2 is 2.14 bits per heavy atom. The lowest BCUT2D eigenvalue weighted by atomic mass is 9.88. The molecule has 0 spiro atoms. The fraction of sp³-hybridized carbons (Fsp3) is 0.333. The van der Waals surface area contributed by atoms with E-state index in [-0.39, 0.29) is 18.5 Å². The fourth-order valence-electron chi connectivity index (χ4n) is 3.29. The summed E-state index contributed by atoms with van der Waals surface area (Å²) >= 11 is 0. The van der Waals surface area contributed by atoms with Gasteiger partial charge in [-0.2, -0.15) is 0 Å². The van der Waals surface area contributed by atoms with Crippen LogP contribution in [0.15, 0.2) is 42.6 Å². The second kappa shape index (κ2) is 9.12. The summed E-state index contributed by atoms with van der Waals surface area (Å²) in [5.41, 5.74) is 3.64. The molecule has 1 heterocycles. The normalized spacial score (nSPS) is 15.7. The Balaban J connectivity index is 1.64. The molecule has 0 bridgehead atoms. The average molecular weight is 380 g/mol. The molecule has 2 aromatic rings. The van der Waals surface area contributed by atoms with Crippen molar-refractivity contribution in [3.8, 4) is 0 Å². The topological polar surface area (TPSA) is 93.2 Å². The summed E-state index contributed by atoms with van der Waals surface area (Å²) in [5.74, 6) is -0.239. The van der Waals surface area contributed by atoms with Crippen LogP contribution in [0, 0.1) is 6.92 Å². The van der Waals surface area contributed by atoms with Gasteiger partial charge in [0, 0.05) is 18.8 Å². The van der Waals surface area contributed by atoms with Gasteiger partial charge in [-0.05, 0) is 37.3 Å². The highest BCUT2D eigenvalue weighted by molar-refractivity contribution is 5.95. The number of hydrogen-bond donors (Lipinski definition) is 2. The van der Waals surface area contributed by atoms with Gasteiger partial charge < -0.3 is 15.4 Å². The minimum atomic E-state index is -0.464. The molecule has 1 aromatic carbocycles. The van der Waals surface area contributed by atoms with Gasteiger partial charge in [0.15, 0.2) is 0 Å². The van der Waals surface area contributed by atoms with Gasteiger partial charge in [0.25, 0.3) is 5.91 Å². The molecule has 0 saturated carbocycles. The van der Waals surface area contributed by atoms with E-state index in [1.165, 1.54) is 36.6 Å². The second-order valence-corrected chi connectivity index (χ2v) is 6.62. The van der Waals surface area contributed by atoms with E-state index in [1.54, 1.807) is 6.92 Å². The number of fused-ring (bicyclic) bond motifs is 1. The number of nitrogens with one attached hydrogen (secondary N) is 2. The monoisotopic (exact) mass is 380 g/mol. The summed E-state index contributed by atoms with van der Waals surface area (Å²) in [6, 6.07) is 8.59. The Morgan fingerprint density at radius 3 is 2.93 bits per heavy atom. The number of nitrogens with zero attached hydrogens (tertiary/aromatic N) is 2. The van der Waals surface area contributed by atoms with E-state index in [2.05, 4.69) is 43.5 Å². The summed E-state index contributed by atoms with van der Waals surface area (Å²) in [7, 11) is 1.30. The van der Waals surface area contributed by atoms with Gasteiger partial charge in [0.2, 0.25) is 5.95 Å². The first-order valence-corrected chi connectivity index (χ1v) is 9.29. The number of rotatable bonds is 6. The maximum Gasteiger partial charge on any atom is 0.330 e. The number of aryl methyl sites for hydroxylation is 2. The van der Waals surface area contributed by atoms with Crippen molar-refractivity contribution >= 4 is 17.8 Å². The van der Waals surface area contributed by atoms with E-state index < -0.39 is 5.97 Å². The van der Waals surface area contributed by atoms with Gasteiger partial charge in [0.05, 0.1) is 24.4 Å². The number of benzene rings is 1. The van der Waals surface area contributed by atoms with Crippen LogP contribution in [0.25, 0.3) is 0 Å². The molecular weight excluding hydrogens is 356 g/mol. The van der Waals surface area contributed by atoms with Crippen molar-refractivity contribution in [1.82, 2.24) is 15.3 Å². The zero-order valence-corrected chi connectivity index (χ0v) is 16.1. The van der Waals surface area contributed by atoms with Gasteiger partial charge >= 0.3 is 5.97 Å². The molecule has 7 nitrogen and oxygen atoms in total. The number of anilines is 1. The standard InChI is InChI=1S/C21H24N4O3/c1-14-17(20(27)22-12-6-11-19(26)28-2)13-23-21(24-14)25-18-10-5-8-15-7-3-4-9-16(15)18/h3-4,6-7,9,11,13,18H,5,8,10,12H2,1-2H3,(H,22,27)(H,23,24,25)/b11-6+. The molecule has 146 valence electrons. The molecular formula is C21H24N4O3. The molecule has 7 heteroatoms. The lowest BCUT2D eigenvalue weighted by Crippen LogP contribution is -2.25. The summed E-state index contributed by atoms with van der Waals surface area (Å²) < 4.78 is 4.49. The summed E-state index contributed by atoms with van der Waals surface area (Å²) in [6.07, 6.45) is 7.55. The molecule has 0 saturated heterocycles. The van der Waals surface area contributed by atoms with Crippen molar-refractivity contribution in [3.63, 3.8) is 0 Å². The van der Waals surface area contributed by atoms with E-state index in [4.69, 9.17) is 0 Å². The third-order valence-electron chi connectivity index (χ3n) is 4.73. The molecule has 2 N–H and O–H groups in total. The first kappa shape index (κ1) is 19.5. The van der Waals surface area contributed by atoms with Gasteiger partial charge in [-0.15, -0.1) is 0 Å².